The number of anilines is 1. The average molecular weight is 427 g/mol. The first-order chi connectivity index (χ1) is 14.3. The molecule has 0 unspecified atom stereocenters. The number of hydrogen-bond acceptors (Lipinski definition) is 4. The van der Waals surface area contributed by atoms with Gasteiger partial charge in [-0.1, -0.05) is 44.5 Å². The van der Waals surface area contributed by atoms with Crippen molar-refractivity contribution in [2.45, 2.75) is 34.1 Å². The lowest BCUT2D eigenvalue weighted by Gasteiger charge is -2.14. The van der Waals surface area contributed by atoms with Gasteiger partial charge in [-0.05, 0) is 60.7 Å². The Bertz CT molecular complexity index is 980. The lowest BCUT2D eigenvalue weighted by molar-refractivity contribution is -0.136. The van der Waals surface area contributed by atoms with Gasteiger partial charge in [-0.25, -0.2) is 0 Å². The van der Waals surface area contributed by atoms with Crippen LogP contribution >= 0.6 is 11.6 Å². The average Bonchev–Trinajstić information content (AvgIpc) is 2.93. The highest BCUT2D eigenvalue weighted by atomic mass is 35.5. The summed E-state index contributed by atoms with van der Waals surface area (Å²) in [7, 11) is 0. The van der Waals surface area contributed by atoms with E-state index in [9.17, 15) is 9.59 Å². The van der Waals surface area contributed by atoms with Crippen LogP contribution in [0.5, 0.6) is 5.75 Å². The summed E-state index contributed by atoms with van der Waals surface area (Å²) in [6, 6.07) is 12.7. The van der Waals surface area contributed by atoms with Gasteiger partial charge in [0.15, 0.2) is 0 Å². The standard InChI is InChI=1S/C24H27ClN2O3/c1-5-12-27-23(28)21(17-6-9-19(10-7-17)30-14-15(2)3)22(24(27)29)26-20-11-8-18(25)13-16(20)4/h6-11,13,15,26H,5,12,14H2,1-4H3. The van der Waals surface area contributed by atoms with Crippen LogP contribution in [0.25, 0.3) is 5.57 Å². The van der Waals surface area contributed by atoms with Gasteiger partial charge in [0.2, 0.25) is 0 Å². The first kappa shape index (κ1) is 21.9. The number of amides is 2. The molecule has 0 fully saturated rings. The van der Waals surface area contributed by atoms with Gasteiger partial charge < -0.3 is 10.1 Å². The van der Waals surface area contributed by atoms with E-state index in [1.54, 1.807) is 6.07 Å². The molecule has 5 nitrogen and oxygen atoms in total. The van der Waals surface area contributed by atoms with Crippen LogP contribution in [-0.4, -0.2) is 29.9 Å². The minimum atomic E-state index is -0.314. The number of nitrogens with one attached hydrogen (secondary N) is 1. The fourth-order valence-corrected chi connectivity index (χ4v) is 3.50. The van der Waals surface area contributed by atoms with E-state index in [1.807, 2.05) is 50.2 Å². The maximum absolute atomic E-state index is 13.1. The van der Waals surface area contributed by atoms with Gasteiger partial charge in [0.1, 0.15) is 11.4 Å². The molecule has 0 spiro atoms. The summed E-state index contributed by atoms with van der Waals surface area (Å²) in [5.41, 5.74) is 2.97. The van der Waals surface area contributed by atoms with Gasteiger partial charge in [-0.15, -0.1) is 0 Å². The molecular formula is C24H27ClN2O3. The Kier molecular flexibility index (Phi) is 6.83. The van der Waals surface area contributed by atoms with E-state index < -0.39 is 0 Å². The third-order valence-corrected chi connectivity index (χ3v) is 5.02. The summed E-state index contributed by atoms with van der Waals surface area (Å²) in [5, 5.41) is 3.80. The highest BCUT2D eigenvalue weighted by Crippen LogP contribution is 2.32. The molecule has 2 amide bonds. The first-order valence-electron chi connectivity index (χ1n) is 10.2. The number of benzene rings is 2. The quantitative estimate of drug-likeness (QED) is 0.583. The Hall–Kier alpha value is -2.79. The Morgan fingerprint density at radius 3 is 2.37 bits per heavy atom. The van der Waals surface area contributed by atoms with E-state index in [1.165, 1.54) is 4.90 Å². The third-order valence-electron chi connectivity index (χ3n) is 4.79. The van der Waals surface area contributed by atoms with Crippen LogP contribution in [0.2, 0.25) is 5.02 Å². The highest BCUT2D eigenvalue weighted by molar-refractivity contribution is 6.36. The molecule has 158 valence electrons. The topological polar surface area (TPSA) is 58.6 Å². The van der Waals surface area contributed by atoms with E-state index in [0.29, 0.717) is 41.6 Å². The van der Waals surface area contributed by atoms with Crippen molar-refractivity contribution in [2.24, 2.45) is 5.92 Å². The number of nitrogens with zero attached hydrogens (tertiary/aromatic N) is 1. The van der Waals surface area contributed by atoms with Crippen LogP contribution < -0.4 is 10.1 Å². The number of halogens is 1. The number of aryl methyl sites for hydroxylation is 1. The molecule has 0 saturated carbocycles. The van der Waals surface area contributed by atoms with Crippen LogP contribution in [0.3, 0.4) is 0 Å². The molecule has 1 aliphatic heterocycles. The van der Waals surface area contributed by atoms with Gasteiger partial charge in [0.25, 0.3) is 11.8 Å². The molecule has 0 atom stereocenters. The van der Waals surface area contributed by atoms with Crippen molar-refractivity contribution < 1.29 is 14.3 Å². The Balaban J connectivity index is 1.98. The molecule has 1 N–H and O–H groups in total. The van der Waals surface area contributed by atoms with Gasteiger partial charge in [-0.3, -0.25) is 14.5 Å². The summed E-state index contributed by atoms with van der Waals surface area (Å²) < 4.78 is 5.74. The third kappa shape index (κ3) is 4.68. The molecule has 1 heterocycles. The second kappa shape index (κ2) is 9.35. The molecule has 0 saturated heterocycles. The van der Waals surface area contributed by atoms with Crippen molar-refractivity contribution >= 4 is 34.7 Å². The van der Waals surface area contributed by atoms with Gasteiger partial charge >= 0.3 is 0 Å². The molecule has 0 aliphatic carbocycles. The molecule has 30 heavy (non-hydrogen) atoms. The van der Waals surface area contributed by atoms with Crippen molar-refractivity contribution in [1.29, 1.82) is 0 Å². The number of imide groups is 1. The van der Waals surface area contributed by atoms with Crippen LogP contribution in [0, 0.1) is 12.8 Å². The summed E-state index contributed by atoms with van der Waals surface area (Å²) in [5.74, 6) is 0.555. The second-order valence-corrected chi connectivity index (χ2v) is 8.26. The lowest BCUT2D eigenvalue weighted by atomic mass is 10.0. The zero-order chi connectivity index (χ0) is 21.8. The van der Waals surface area contributed by atoms with Crippen molar-refractivity contribution in [3.63, 3.8) is 0 Å². The molecule has 0 radical (unpaired) electrons. The maximum Gasteiger partial charge on any atom is 0.278 e. The van der Waals surface area contributed by atoms with Crippen LogP contribution in [0.1, 0.15) is 38.3 Å². The number of rotatable bonds is 8. The minimum Gasteiger partial charge on any atom is -0.493 e. The van der Waals surface area contributed by atoms with E-state index in [2.05, 4.69) is 19.2 Å². The molecule has 3 rings (SSSR count). The van der Waals surface area contributed by atoms with Crippen LogP contribution in [-0.2, 0) is 9.59 Å². The molecule has 2 aromatic carbocycles. The van der Waals surface area contributed by atoms with Crippen LogP contribution in [0.4, 0.5) is 5.69 Å². The van der Waals surface area contributed by atoms with Gasteiger partial charge in [0, 0.05) is 17.3 Å². The Labute approximate surface area is 182 Å². The van der Waals surface area contributed by atoms with E-state index in [-0.39, 0.29) is 17.5 Å². The molecule has 0 bridgehead atoms. The first-order valence-corrected chi connectivity index (χ1v) is 10.6. The van der Waals surface area contributed by atoms with Crippen molar-refractivity contribution in [3.8, 4) is 5.75 Å². The maximum atomic E-state index is 13.1. The Morgan fingerprint density at radius 2 is 1.77 bits per heavy atom. The van der Waals surface area contributed by atoms with Gasteiger partial charge in [0.05, 0.1) is 12.2 Å². The van der Waals surface area contributed by atoms with E-state index in [4.69, 9.17) is 16.3 Å². The number of carbonyl (C=O) groups excluding carboxylic acids is 2. The van der Waals surface area contributed by atoms with E-state index >= 15 is 0 Å². The fraction of sp³-hybridized carbons (Fsp3) is 0.333. The molecule has 1 aliphatic rings. The number of hydrogen-bond donors (Lipinski definition) is 1. The molecular weight excluding hydrogens is 400 g/mol. The minimum absolute atomic E-state index is 0.285. The zero-order valence-electron chi connectivity index (χ0n) is 17.8. The van der Waals surface area contributed by atoms with Crippen molar-refractivity contribution in [1.82, 2.24) is 4.90 Å². The summed E-state index contributed by atoms with van der Waals surface area (Å²) in [4.78, 5) is 27.4. The van der Waals surface area contributed by atoms with Crippen molar-refractivity contribution in [2.75, 3.05) is 18.5 Å². The lowest BCUT2D eigenvalue weighted by Crippen LogP contribution is -2.33. The molecule has 0 aromatic heterocycles. The predicted octanol–water partition coefficient (Wildman–Crippen LogP) is 5.29. The Morgan fingerprint density at radius 1 is 1.07 bits per heavy atom. The van der Waals surface area contributed by atoms with E-state index in [0.717, 1.165) is 17.0 Å². The molecule has 6 heteroatoms. The monoisotopic (exact) mass is 426 g/mol. The summed E-state index contributed by atoms with van der Waals surface area (Å²) in [6.45, 7) is 9.01. The summed E-state index contributed by atoms with van der Waals surface area (Å²) in [6.07, 6.45) is 0.694. The second-order valence-electron chi connectivity index (χ2n) is 7.83. The number of carbonyl (C=O) groups is 2. The van der Waals surface area contributed by atoms with Crippen LogP contribution in [0.15, 0.2) is 48.2 Å². The normalized spacial score (nSPS) is 14.1. The van der Waals surface area contributed by atoms with Crippen molar-refractivity contribution in [3.05, 3.63) is 64.3 Å². The number of ether oxygens (including phenoxy) is 1. The fourth-order valence-electron chi connectivity index (χ4n) is 3.27. The SMILES string of the molecule is CCCN1C(=O)C(Nc2ccc(Cl)cc2C)=C(c2ccc(OCC(C)C)cc2)C1=O. The summed E-state index contributed by atoms with van der Waals surface area (Å²) >= 11 is 6.05. The largest absolute Gasteiger partial charge is 0.493 e. The molecule has 2 aromatic rings. The highest BCUT2D eigenvalue weighted by Gasteiger charge is 2.38. The predicted molar refractivity (Wildman–Crippen MR) is 121 cm³/mol. The zero-order valence-corrected chi connectivity index (χ0v) is 18.5. The smallest absolute Gasteiger partial charge is 0.278 e. The van der Waals surface area contributed by atoms with Gasteiger partial charge in [-0.2, -0.15) is 0 Å².